The van der Waals surface area contributed by atoms with Crippen LogP contribution in [0.5, 0.6) is 0 Å². The smallest absolute Gasteiger partial charge is 0.510 e. The monoisotopic (exact) mass is 616 g/mol. The predicted molar refractivity (Wildman–Crippen MR) is 176 cm³/mol. The number of esters is 1. The van der Waals surface area contributed by atoms with Crippen LogP contribution < -0.4 is 5.32 Å². The fourth-order valence-corrected chi connectivity index (χ4v) is 7.05. The normalized spacial score (nSPS) is 25.1. The predicted octanol–water partition coefficient (Wildman–Crippen LogP) is 5.73. The number of ether oxygens (including phenoxy) is 1. The standard InChI is InChI=1S/C35H36N4O5.Mg/c1-8-19-15(3)22-12-24-17(5)21(10-11-28(40)41)32(38-24)30-31(35(43)44-7)34(42)29-18(6)25(39-33(29)30)14-27-20(9-2)16(4)23(37-27)13-26(19)36-22;/h8,12-14,17,21,31,38,42H,1,9-11H2,2-7H3,(H,40,41);/q;+2. The van der Waals surface area contributed by atoms with E-state index in [1.54, 1.807) is 0 Å². The van der Waals surface area contributed by atoms with E-state index < -0.39 is 17.9 Å². The van der Waals surface area contributed by atoms with Crippen LogP contribution in [-0.4, -0.2) is 69.4 Å². The minimum atomic E-state index is -1.09. The van der Waals surface area contributed by atoms with Crippen LogP contribution in [0, 0.1) is 17.8 Å². The van der Waals surface area contributed by atoms with Crippen LogP contribution in [0.15, 0.2) is 119 Å². The number of carbonyl (C=O) groups is 2. The van der Waals surface area contributed by atoms with Gasteiger partial charge in [0.2, 0.25) is 0 Å². The summed E-state index contributed by atoms with van der Waals surface area (Å²) >= 11 is 0. The van der Waals surface area contributed by atoms with Gasteiger partial charge in [-0.3, -0.25) is 9.59 Å². The molecule has 0 aromatic carbocycles. The van der Waals surface area contributed by atoms with E-state index in [-0.39, 0.29) is 47.1 Å². The number of fused-ring (bicyclic) bond motifs is 5. The van der Waals surface area contributed by atoms with Gasteiger partial charge in [-0.05, 0) is 74.1 Å². The van der Waals surface area contributed by atoms with Crippen molar-refractivity contribution >= 4 is 52.1 Å². The number of allylic oxidation sites excluding steroid dienone is 11. The van der Waals surface area contributed by atoms with Gasteiger partial charge < -0.3 is 20.3 Å². The number of nitrogens with one attached hydrogen (secondary N) is 1. The van der Waals surface area contributed by atoms with Gasteiger partial charge in [0, 0.05) is 46.4 Å². The maximum Gasteiger partial charge on any atom is 2.00 e. The second-order valence-corrected chi connectivity index (χ2v) is 11.8. The molecule has 5 aliphatic heterocycles. The topological polar surface area (TPSA) is 133 Å². The second-order valence-electron chi connectivity index (χ2n) is 11.8. The molecule has 0 spiro atoms. The van der Waals surface area contributed by atoms with Gasteiger partial charge in [-0.15, -0.1) is 0 Å². The number of hydrogen-bond donors (Lipinski definition) is 3. The molecule has 1 saturated heterocycles. The summed E-state index contributed by atoms with van der Waals surface area (Å²) in [6, 6.07) is 0. The van der Waals surface area contributed by atoms with Gasteiger partial charge in [0.25, 0.3) is 0 Å². The summed E-state index contributed by atoms with van der Waals surface area (Å²) in [4.78, 5) is 40.0. The molecule has 6 rings (SSSR count). The number of carboxylic acid groups (broad SMARTS) is 1. The number of aliphatic hydroxyl groups excluding tert-OH is 1. The van der Waals surface area contributed by atoms with E-state index in [0.717, 1.165) is 62.8 Å². The molecule has 1 aliphatic carbocycles. The average molecular weight is 617 g/mol. The molecule has 0 radical (unpaired) electrons. The van der Waals surface area contributed by atoms with Gasteiger partial charge in [-0.25, -0.2) is 15.0 Å². The molecular formula is C35H36MgN4O5+2. The van der Waals surface area contributed by atoms with E-state index in [0.29, 0.717) is 34.7 Å². The number of carboxylic acids is 1. The van der Waals surface area contributed by atoms with E-state index >= 15 is 0 Å². The minimum Gasteiger partial charge on any atom is -0.510 e. The van der Waals surface area contributed by atoms with Crippen molar-refractivity contribution in [2.45, 2.75) is 53.9 Å². The number of aliphatic hydroxyl groups is 1. The van der Waals surface area contributed by atoms with Crippen molar-refractivity contribution in [3.05, 3.63) is 104 Å². The van der Waals surface area contributed by atoms with Gasteiger partial charge in [-0.1, -0.05) is 26.5 Å². The van der Waals surface area contributed by atoms with E-state index in [1.807, 2.05) is 45.1 Å². The Morgan fingerprint density at radius 1 is 1.04 bits per heavy atom. The van der Waals surface area contributed by atoms with Crippen LogP contribution in [0.25, 0.3) is 0 Å². The van der Waals surface area contributed by atoms with Gasteiger partial charge in [0.1, 0.15) is 11.7 Å². The molecule has 0 aromatic heterocycles. The first-order valence-corrected chi connectivity index (χ1v) is 14.9. The van der Waals surface area contributed by atoms with Crippen molar-refractivity contribution in [1.82, 2.24) is 5.32 Å². The molecule has 6 aliphatic rings. The molecule has 45 heavy (non-hydrogen) atoms. The van der Waals surface area contributed by atoms with Crippen molar-refractivity contribution in [2.75, 3.05) is 7.11 Å². The number of nitrogens with zero attached hydrogens (tertiary/aromatic N) is 3. The number of methoxy groups -OCH3 is 1. The van der Waals surface area contributed by atoms with E-state index in [1.165, 1.54) is 7.11 Å². The molecule has 1 fully saturated rings. The van der Waals surface area contributed by atoms with Crippen LogP contribution in [0.2, 0.25) is 0 Å². The van der Waals surface area contributed by atoms with Crippen LogP contribution in [-0.2, 0) is 14.3 Å². The zero-order valence-electron chi connectivity index (χ0n) is 26.5. The molecular weight excluding hydrogens is 581 g/mol. The van der Waals surface area contributed by atoms with Crippen molar-refractivity contribution in [1.29, 1.82) is 0 Å². The Balaban J connectivity index is 0.00000400. The van der Waals surface area contributed by atoms with Crippen LogP contribution in [0.4, 0.5) is 0 Å². The van der Waals surface area contributed by atoms with Crippen molar-refractivity contribution < 1.29 is 24.5 Å². The number of carbonyl (C=O) groups excluding carboxylic acids is 1. The zero-order chi connectivity index (χ0) is 31.6. The SMILES string of the molecule is C=CC1=C(C)C2=NC1=CC1=NC(=CC3=C(C)C4=C(O)C(C(=O)OC)C(=C5NC(=C2)C(C)C5CCC(=O)O)C4=N3)C(CC)=C1C.[Mg+2]. The Kier molecular flexibility index (Phi) is 8.67. The summed E-state index contributed by atoms with van der Waals surface area (Å²) in [5, 5.41) is 24.7. The molecule has 3 N–H and O–H groups in total. The quantitative estimate of drug-likeness (QED) is 0.258. The fraction of sp³-hybridized carbons (Fsp3) is 0.343. The van der Waals surface area contributed by atoms with Crippen molar-refractivity contribution in [3.63, 3.8) is 0 Å². The van der Waals surface area contributed by atoms with Gasteiger partial charge in [0.05, 0.1) is 41.3 Å². The molecule has 3 atom stereocenters. The number of aliphatic imine (C=N–C) groups is 3. The molecule has 226 valence electrons. The molecule has 10 heteroatoms. The first-order valence-electron chi connectivity index (χ1n) is 14.9. The van der Waals surface area contributed by atoms with Crippen molar-refractivity contribution in [3.8, 4) is 0 Å². The number of rotatable bonds is 6. The summed E-state index contributed by atoms with van der Waals surface area (Å²) in [7, 11) is 1.29. The molecule has 0 amide bonds. The van der Waals surface area contributed by atoms with Gasteiger partial charge in [-0.2, -0.15) is 0 Å². The third-order valence-corrected chi connectivity index (χ3v) is 9.53. The van der Waals surface area contributed by atoms with Crippen molar-refractivity contribution in [2.24, 2.45) is 32.7 Å². The molecule has 8 bridgehead atoms. The van der Waals surface area contributed by atoms with E-state index in [4.69, 9.17) is 19.7 Å². The largest absolute Gasteiger partial charge is 2.00 e. The Morgan fingerprint density at radius 2 is 1.73 bits per heavy atom. The third kappa shape index (κ3) is 5.04. The number of aliphatic carboxylic acids is 1. The summed E-state index contributed by atoms with van der Waals surface area (Å²) in [5.41, 5.74) is 11.6. The van der Waals surface area contributed by atoms with E-state index in [2.05, 4.69) is 25.7 Å². The Bertz CT molecular complexity index is 1820. The van der Waals surface area contributed by atoms with Gasteiger partial charge in [0.15, 0.2) is 0 Å². The molecule has 0 aromatic rings. The third-order valence-electron chi connectivity index (χ3n) is 9.53. The molecule has 3 unspecified atom stereocenters. The second kappa shape index (κ2) is 12.1. The molecule has 5 heterocycles. The van der Waals surface area contributed by atoms with Gasteiger partial charge >= 0.3 is 35.0 Å². The van der Waals surface area contributed by atoms with Crippen LogP contribution in [0.3, 0.4) is 0 Å². The summed E-state index contributed by atoms with van der Waals surface area (Å²) < 4.78 is 5.17. The zero-order valence-corrected chi connectivity index (χ0v) is 28.0. The Hall–Kier alpha value is -4.02. The average Bonchev–Trinajstić information content (AvgIpc) is 3.72. The molecule has 9 nitrogen and oxygen atoms in total. The summed E-state index contributed by atoms with van der Waals surface area (Å²) in [6.07, 6.45) is 8.76. The fourth-order valence-electron chi connectivity index (χ4n) is 7.05. The first kappa shape index (κ1) is 32.4. The first-order chi connectivity index (χ1) is 21.0. The maximum atomic E-state index is 13.2. The minimum absolute atomic E-state index is 0. The van der Waals surface area contributed by atoms with Crippen LogP contribution in [0.1, 0.15) is 53.9 Å². The van der Waals surface area contributed by atoms with E-state index in [9.17, 15) is 19.8 Å². The Morgan fingerprint density at radius 3 is 2.38 bits per heavy atom. The summed E-state index contributed by atoms with van der Waals surface area (Å²) in [5.74, 6) is -3.14. The molecule has 0 saturated carbocycles. The number of hydrogen-bond acceptors (Lipinski definition) is 8. The van der Waals surface area contributed by atoms with Crippen LogP contribution >= 0.6 is 0 Å². The summed E-state index contributed by atoms with van der Waals surface area (Å²) in [6.45, 7) is 14.1. The Labute approximate surface area is 278 Å². The maximum absolute atomic E-state index is 13.2.